The maximum absolute atomic E-state index is 12.2. The predicted octanol–water partition coefficient (Wildman–Crippen LogP) is 3.96. The molecular formula is C24H28N4O. The lowest BCUT2D eigenvalue weighted by atomic mass is 9.95. The first-order valence-electron chi connectivity index (χ1n) is 10.6. The van der Waals surface area contributed by atoms with Crippen molar-refractivity contribution < 1.29 is 4.79 Å². The fraction of sp³-hybridized carbons (Fsp3) is 0.375. The number of fused-ring (bicyclic) bond motifs is 1. The molecule has 150 valence electrons. The standard InChI is InChI=1S/C24H28N4O/c29-23(15-8-11-19-9-2-1-3-10-19)26-17-18-28-22-14-5-4-12-20(22)24(27-28)21-13-6-7-16-25-21/h1-3,6-7,9-10,13,16H,4-5,8,11-12,14-15,17-18H2,(H,26,29). The van der Waals surface area contributed by atoms with E-state index in [0.29, 0.717) is 19.5 Å². The monoisotopic (exact) mass is 388 g/mol. The normalized spacial score (nSPS) is 13.1. The van der Waals surface area contributed by atoms with Gasteiger partial charge in [0.15, 0.2) is 0 Å². The van der Waals surface area contributed by atoms with Crippen molar-refractivity contribution in [3.05, 3.63) is 71.5 Å². The van der Waals surface area contributed by atoms with Crippen LogP contribution in [0.15, 0.2) is 54.7 Å². The van der Waals surface area contributed by atoms with E-state index in [2.05, 4.69) is 27.1 Å². The number of hydrogen-bond donors (Lipinski definition) is 1. The zero-order valence-electron chi connectivity index (χ0n) is 16.8. The van der Waals surface area contributed by atoms with Crippen LogP contribution in [0.4, 0.5) is 0 Å². The lowest BCUT2D eigenvalue weighted by Crippen LogP contribution is -2.28. The fourth-order valence-electron chi connectivity index (χ4n) is 4.05. The Balaban J connectivity index is 1.31. The van der Waals surface area contributed by atoms with Crippen LogP contribution in [0, 0.1) is 0 Å². The zero-order valence-corrected chi connectivity index (χ0v) is 16.8. The Hall–Kier alpha value is -2.95. The molecule has 0 saturated heterocycles. The van der Waals surface area contributed by atoms with Crippen molar-refractivity contribution in [3.63, 3.8) is 0 Å². The molecule has 0 unspecified atom stereocenters. The Bertz CT molecular complexity index is 934. The fourth-order valence-corrected chi connectivity index (χ4v) is 4.05. The number of aryl methyl sites for hydroxylation is 1. The van der Waals surface area contributed by atoms with E-state index >= 15 is 0 Å². The van der Waals surface area contributed by atoms with Crippen LogP contribution < -0.4 is 5.32 Å². The maximum atomic E-state index is 12.2. The van der Waals surface area contributed by atoms with Crippen LogP contribution in [0.25, 0.3) is 11.4 Å². The highest BCUT2D eigenvalue weighted by molar-refractivity contribution is 5.75. The summed E-state index contributed by atoms with van der Waals surface area (Å²) in [6.07, 6.45) is 8.71. The number of amides is 1. The van der Waals surface area contributed by atoms with Gasteiger partial charge in [-0.15, -0.1) is 0 Å². The number of pyridine rings is 1. The summed E-state index contributed by atoms with van der Waals surface area (Å²) in [5.74, 6) is 0.118. The first kappa shape index (κ1) is 19.4. The molecule has 0 fully saturated rings. The minimum atomic E-state index is 0.118. The molecule has 1 aromatic carbocycles. The van der Waals surface area contributed by atoms with Crippen LogP contribution in [0.3, 0.4) is 0 Å². The van der Waals surface area contributed by atoms with Gasteiger partial charge < -0.3 is 5.32 Å². The third-order valence-corrected chi connectivity index (χ3v) is 5.52. The third kappa shape index (κ3) is 4.91. The topological polar surface area (TPSA) is 59.8 Å². The van der Waals surface area contributed by atoms with Gasteiger partial charge in [-0.05, 0) is 56.2 Å². The van der Waals surface area contributed by atoms with Gasteiger partial charge in [-0.1, -0.05) is 36.4 Å². The Kier molecular flexibility index (Phi) is 6.35. The molecule has 0 saturated carbocycles. The number of aromatic nitrogens is 3. The van der Waals surface area contributed by atoms with Gasteiger partial charge in [0.05, 0.1) is 12.2 Å². The Morgan fingerprint density at radius 2 is 1.86 bits per heavy atom. The average molecular weight is 389 g/mol. The molecule has 0 atom stereocenters. The molecule has 2 aromatic heterocycles. The summed E-state index contributed by atoms with van der Waals surface area (Å²) in [6.45, 7) is 1.32. The third-order valence-electron chi connectivity index (χ3n) is 5.52. The molecule has 1 N–H and O–H groups in total. The molecule has 5 nitrogen and oxygen atoms in total. The minimum Gasteiger partial charge on any atom is -0.354 e. The number of hydrogen-bond acceptors (Lipinski definition) is 3. The summed E-state index contributed by atoms with van der Waals surface area (Å²) >= 11 is 0. The lowest BCUT2D eigenvalue weighted by molar-refractivity contribution is -0.121. The SMILES string of the molecule is O=C(CCCc1ccccc1)NCCn1nc(-c2ccccn2)c2c1CCCC2. The summed E-state index contributed by atoms with van der Waals surface area (Å²) in [5, 5.41) is 7.92. The molecular weight excluding hydrogens is 360 g/mol. The van der Waals surface area contributed by atoms with E-state index in [-0.39, 0.29) is 5.91 Å². The minimum absolute atomic E-state index is 0.118. The second kappa shape index (κ2) is 9.50. The highest BCUT2D eigenvalue weighted by atomic mass is 16.1. The molecule has 0 radical (unpaired) electrons. The van der Waals surface area contributed by atoms with Crippen LogP contribution in [0.1, 0.15) is 42.5 Å². The van der Waals surface area contributed by atoms with Crippen molar-refractivity contribution in [2.24, 2.45) is 0 Å². The van der Waals surface area contributed by atoms with E-state index in [1.165, 1.54) is 29.7 Å². The summed E-state index contributed by atoms with van der Waals surface area (Å²) in [4.78, 5) is 16.7. The van der Waals surface area contributed by atoms with Crippen molar-refractivity contribution in [3.8, 4) is 11.4 Å². The molecule has 3 aromatic rings. The van der Waals surface area contributed by atoms with Gasteiger partial charge in [-0.25, -0.2) is 0 Å². The van der Waals surface area contributed by atoms with E-state index in [4.69, 9.17) is 5.10 Å². The molecule has 0 aliphatic heterocycles. The lowest BCUT2D eigenvalue weighted by Gasteiger charge is -2.14. The first-order chi connectivity index (χ1) is 14.3. The summed E-state index contributed by atoms with van der Waals surface area (Å²) in [5.41, 5.74) is 5.88. The summed E-state index contributed by atoms with van der Waals surface area (Å²) < 4.78 is 2.09. The van der Waals surface area contributed by atoms with E-state index in [1.807, 2.05) is 42.6 Å². The molecule has 0 bridgehead atoms. The number of benzene rings is 1. The summed E-state index contributed by atoms with van der Waals surface area (Å²) in [6, 6.07) is 16.3. The van der Waals surface area contributed by atoms with E-state index in [0.717, 1.165) is 37.1 Å². The van der Waals surface area contributed by atoms with Gasteiger partial charge in [-0.2, -0.15) is 5.10 Å². The number of carbonyl (C=O) groups excluding carboxylic acids is 1. The second-order valence-corrected chi connectivity index (χ2v) is 7.61. The van der Waals surface area contributed by atoms with Crippen LogP contribution in [0.2, 0.25) is 0 Å². The van der Waals surface area contributed by atoms with Crippen LogP contribution in [-0.2, 0) is 30.6 Å². The Morgan fingerprint density at radius 1 is 1.03 bits per heavy atom. The van der Waals surface area contributed by atoms with Gasteiger partial charge in [0.25, 0.3) is 0 Å². The molecule has 0 spiro atoms. The van der Waals surface area contributed by atoms with Crippen molar-refractivity contribution in [1.82, 2.24) is 20.1 Å². The van der Waals surface area contributed by atoms with Crippen molar-refractivity contribution >= 4 is 5.91 Å². The Labute approximate surface area is 172 Å². The molecule has 1 amide bonds. The molecule has 29 heavy (non-hydrogen) atoms. The van der Waals surface area contributed by atoms with Gasteiger partial charge in [0, 0.05) is 30.4 Å². The van der Waals surface area contributed by atoms with Crippen LogP contribution in [0.5, 0.6) is 0 Å². The van der Waals surface area contributed by atoms with Crippen LogP contribution in [-0.4, -0.2) is 27.2 Å². The van der Waals surface area contributed by atoms with Gasteiger partial charge >= 0.3 is 0 Å². The first-order valence-corrected chi connectivity index (χ1v) is 10.6. The van der Waals surface area contributed by atoms with Crippen molar-refractivity contribution in [1.29, 1.82) is 0 Å². The largest absolute Gasteiger partial charge is 0.354 e. The van der Waals surface area contributed by atoms with Gasteiger partial charge in [0.1, 0.15) is 5.69 Å². The Morgan fingerprint density at radius 3 is 2.69 bits per heavy atom. The molecule has 5 heteroatoms. The molecule has 4 rings (SSSR count). The number of carbonyl (C=O) groups is 1. The average Bonchev–Trinajstić information content (AvgIpc) is 3.14. The number of nitrogens with zero attached hydrogens (tertiary/aromatic N) is 3. The van der Waals surface area contributed by atoms with Crippen LogP contribution >= 0.6 is 0 Å². The van der Waals surface area contributed by atoms with Crippen molar-refractivity contribution in [2.45, 2.75) is 51.5 Å². The predicted molar refractivity (Wildman–Crippen MR) is 114 cm³/mol. The highest BCUT2D eigenvalue weighted by Crippen LogP contribution is 2.30. The quantitative estimate of drug-likeness (QED) is 0.635. The maximum Gasteiger partial charge on any atom is 0.220 e. The smallest absolute Gasteiger partial charge is 0.220 e. The van der Waals surface area contributed by atoms with E-state index in [9.17, 15) is 4.79 Å². The second-order valence-electron chi connectivity index (χ2n) is 7.61. The highest BCUT2D eigenvalue weighted by Gasteiger charge is 2.22. The molecule has 1 aliphatic carbocycles. The summed E-state index contributed by atoms with van der Waals surface area (Å²) in [7, 11) is 0. The molecule has 1 aliphatic rings. The van der Waals surface area contributed by atoms with Crippen molar-refractivity contribution in [2.75, 3.05) is 6.54 Å². The van der Waals surface area contributed by atoms with Gasteiger partial charge in [-0.3, -0.25) is 14.5 Å². The number of rotatable bonds is 8. The van der Waals surface area contributed by atoms with E-state index in [1.54, 1.807) is 0 Å². The van der Waals surface area contributed by atoms with E-state index < -0.39 is 0 Å². The zero-order chi connectivity index (χ0) is 19.9. The molecule has 2 heterocycles. The van der Waals surface area contributed by atoms with Gasteiger partial charge in [0.2, 0.25) is 5.91 Å². The number of nitrogens with one attached hydrogen (secondary N) is 1.